The van der Waals surface area contributed by atoms with Crippen molar-refractivity contribution < 1.29 is 51.0 Å². The molecule has 64 heavy (non-hydrogen) atoms. The second kappa shape index (κ2) is 19.9. The highest BCUT2D eigenvalue weighted by molar-refractivity contribution is 7.10. The average molecular weight is 915 g/mol. The molecule has 4 atom stereocenters. The Balaban J connectivity index is 0.000000191. The maximum absolute atomic E-state index is 15.1. The van der Waals surface area contributed by atoms with Crippen LogP contribution in [-0.4, -0.2) is 80.6 Å². The fourth-order valence-electron chi connectivity index (χ4n) is 8.00. The van der Waals surface area contributed by atoms with E-state index in [4.69, 9.17) is 14.2 Å². The van der Waals surface area contributed by atoms with E-state index in [2.05, 4.69) is 10.6 Å². The monoisotopic (exact) mass is 914 g/mol. The Morgan fingerprint density at radius 3 is 1.73 bits per heavy atom. The zero-order valence-electron chi connectivity index (χ0n) is 34.6. The van der Waals surface area contributed by atoms with Crippen LogP contribution in [0.15, 0.2) is 126 Å². The van der Waals surface area contributed by atoms with Gasteiger partial charge in [0.1, 0.15) is 23.9 Å². The number of fused-ring (bicyclic) bond motifs is 2. The molecule has 8 rings (SSSR count). The normalized spacial score (nSPS) is 18.0. The van der Waals surface area contributed by atoms with Gasteiger partial charge in [0.15, 0.2) is 0 Å². The lowest BCUT2D eigenvalue weighted by Crippen LogP contribution is -2.49. The number of hydrogen-bond donors (Lipinski definition) is 2. The molecule has 11 nitrogen and oxygen atoms in total. The standard InChI is InChI=1S/C24H23FN2O4S.C23H19F3N2O3S/c1-30-12-11-27-22(19-10-5-13-32-19)21(20-17(24(27)29)8-4-9-18(20)25)23(28)26-15-6-3-7-16(14-15)31-2;1-31-15-7-4-6-14(12-15)27-21(29)19-16-8-2-3-9-17(16)22(30)28(13-23(24,25)26)20(19)18-10-5-11-32-18/h3-10,13-14,21-22H,11-12H2,1-2H3,(H,26,28);2-12,19-20H,13H2,1H3,(H,27,29). The molecule has 0 fully saturated rings. The lowest BCUT2D eigenvalue weighted by atomic mass is 9.81. The van der Waals surface area contributed by atoms with Gasteiger partial charge in [-0.25, -0.2) is 4.39 Å². The minimum absolute atomic E-state index is 0.0929. The van der Waals surface area contributed by atoms with E-state index in [1.165, 1.54) is 48.0 Å². The van der Waals surface area contributed by atoms with E-state index in [-0.39, 0.29) is 29.1 Å². The molecule has 17 heteroatoms. The predicted octanol–water partition coefficient (Wildman–Crippen LogP) is 9.70. The number of ether oxygens (including phenoxy) is 3. The molecule has 332 valence electrons. The number of carbonyl (C=O) groups is 4. The molecule has 0 saturated heterocycles. The fourth-order valence-corrected chi connectivity index (χ4v) is 9.75. The summed E-state index contributed by atoms with van der Waals surface area (Å²) in [5.41, 5.74) is 1.77. The van der Waals surface area contributed by atoms with Crippen molar-refractivity contribution in [2.24, 2.45) is 0 Å². The number of rotatable bonds is 12. The molecule has 4 amide bonds. The lowest BCUT2D eigenvalue weighted by molar-refractivity contribution is -0.148. The van der Waals surface area contributed by atoms with Gasteiger partial charge in [0.05, 0.1) is 44.7 Å². The third-order valence-corrected chi connectivity index (χ3v) is 12.6. The van der Waals surface area contributed by atoms with Gasteiger partial charge >= 0.3 is 6.18 Å². The number of thiophene rings is 2. The van der Waals surface area contributed by atoms with E-state index >= 15 is 4.39 Å². The number of benzene rings is 4. The molecular formula is C47H42F4N4O7S2. The first-order chi connectivity index (χ1) is 30.8. The number of hydrogen-bond acceptors (Lipinski definition) is 9. The van der Waals surface area contributed by atoms with Gasteiger partial charge in [-0.2, -0.15) is 13.2 Å². The summed E-state index contributed by atoms with van der Waals surface area (Å²) in [5, 5.41) is 9.26. The molecule has 0 spiro atoms. The fraction of sp³-hybridized carbons (Fsp3) is 0.234. The Kier molecular flexibility index (Phi) is 14.1. The van der Waals surface area contributed by atoms with Crippen molar-refractivity contribution in [2.45, 2.75) is 30.1 Å². The largest absolute Gasteiger partial charge is 0.497 e. The number of halogens is 4. The Hall–Kier alpha value is -6.56. The molecule has 0 saturated carbocycles. The summed E-state index contributed by atoms with van der Waals surface area (Å²) in [6.45, 7) is -0.884. The number of amides is 4. The van der Waals surface area contributed by atoms with Crippen LogP contribution < -0.4 is 20.1 Å². The summed E-state index contributed by atoms with van der Waals surface area (Å²) in [6, 6.07) is 29.6. The third kappa shape index (κ3) is 9.81. The van der Waals surface area contributed by atoms with E-state index in [0.29, 0.717) is 39.9 Å². The van der Waals surface area contributed by atoms with Gasteiger partial charge in [0, 0.05) is 63.6 Å². The summed E-state index contributed by atoms with van der Waals surface area (Å²) in [4.78, 5) is 57.2. The first kappa shape index (κ1) is 45.5. The number of nitrogens with zero attached hydrogens (tertiary/aromatic N) is 2. The molecular weight excluding hydrogens is 873 g/mol. The van der Waals surface area contributed by atoms with Crippen molar-refractivity contribution in [3.05, 3.63) is 164 Å². The zero-order chi connectivity index (χ0) is 45.5. The molecule has 4 aromatic carbocycles. The first-order valence-corrected chi connectivity index (χ1v) is 21.6. The maximum atomic E-state index is 15.1. The van der Waals surface area contributed by atoms with Crippen LogP contribution in [-0.2, 0) is 14.3 Å². The van der Waals surface area contributed by atoms with Gasteiger partial charge in [-0.3, -0.25) is 19.2 Å². The van der Waals surface area contributed by atoms with Crippen LogP contribution in [0.3, 0.4) is 0 Å². The van der Waals surface area contributed by atoms with Crippen LogP contribution in [0.4, 0.5) is 28.9 Å². The quantitative estimate of drug-likeness (QED) is 0.117. The highest BCUT2D eigenvalue weighted by Crippen LogP contribution is 2.47. The van der Waals surface area contributed by atoms with Crippen LogP contribution in [0.2, 0.25) is 0 Å². The van der Waals surface area contributed by atoms with Crippen LogP contribution >= 0.6 is 22.7 Å². The van der Waals surface area contributed by atoms with Crippen molar-refractivity contribution in [3.63, 3.8) is 0 Å². The molecule has 2 N–H and O–H groups in total. The van der Waals surface area contributed by atoms with Crippen LogP contribution in [0, 0.1) is 5.82 Å². The number of nitrogens with one attached hydrogen (secondary N) is 2. The predicted molar refractivity (Wildman–Crippen MR) is 236 cm³/mol. The molecule has 2 aromatic heterocycles. The molecule has 4 heterocycles. The highest BCUT2D eigenvalue weighted by Gasteiger charge is 2.49. The highest BCUT2D eigenvalue weighted by atomic mass is 32.1. The van der Waals surface area contributed by atoms with E-state index in [1.807, 2.05) is 17.5 Å². The second-order valence-electron chi connectivity index (χ2n) is 14.6. The van der Waals surface area contributed by atoms with Crippen molar-refractivity contribution in [2.75, 3.05) is 51.7 Å². The van der Waals surface area contributed by atoms with E-state index in [0.717, 1.165) is 9.78 Å². The van der Waals surface area contributed by atoms with Gasteiger partial charge in [-0.05, 0) is 70.9 Å². The van der Waals surface area contributed by atoms with Crippen LogP contribution in [0.25, 0.3) is 0 Å². The van der Waals surface area contributed by atoms with Crippen molar-refractivity contribution in [1.82, 2.24) is 9.80 Å². The molecule has 6 aromatic rings. The molecule has 0 radical (unpaired) electrons. The minimum Gasteiger partial charge on any atom is -0.497 e. The smallest absolute Gasteiger partial charge is 0.406 e. The number of carbonyl (C=O) groups excluding carboxylic acids is 4. The Bertz CT molecular complexity index is 2610. The van der Waals surface area contributed by atoms with Gasteiger partial charge < -0.3 is 34.6 Å². The Morgan fingerprint density at radius 2 is 1.19 bits per heavy atom. The third-order valence-electron chi connectivity index (χ3n) is 10.7. The molecule has 2 aliphatic heterocycles. The summed E-state index contributed by atoms with van der Waals surface area (Å²) in [5.74, 6) is -3.42. The second-order valence-corrected chi connectivity index (χ2v) is 16.6. The SMILES string of the molecule is COCCN1C(=O)c2cccc(F)c2C(C(=O)Nc2cccc(OC)c2)C1c1cccs1.COc1cccc(NC(=O)C2c3ccccc3C(=O)N(CC(F)(F)F)C2c2cccs2)c1. The topological polar surface area (TPSA) is 127 Å². The molecule has 4 unspecified atom stereocenters. The maximum Gasteiger partial charge on any atom is 0.406 e. The van der Waals surface area contributed by atoms with Crippen molar-refractivity contribution >= 4 is 57.7 Å². The van der Waals surface area contributed by atoms with E-state index < -0.39 is 60.2 Å². The van der Waals surface area contributed by atoms with Crippen LogP contribution in [0.1, 0.15) is 65.5 Å². The van der Waals surface area contributed by atoms with Crippen LogP contribution in [0.5, 0.6) is 11.5 Å². The van der Waals surface area contributed by atoms with Gasteiger partial charge in [0.25, 0.3) is 11.8 Å². The molecule has 0 aliphatic carbocycles. The van der Waals surface area contributed by atoms with Crippen molar-refractivity contribution in [1.29, 1.82) is 0 Å². The average Bonchev–Trinajstić information content (AvgIpc) is 4.03. The number of anilines is 2. The molecule has 0 bridgehead atoms. The lowest BCUT2D eigenvalue weighted by Gasteiger charge is -2.41. The number of alkyl halides is 3. The summed E-state index contributed by atoms with van der Waals surface area (Å²) in [7, 11) is 4.58. The summed E-state index contributed by atoms with van der Waals surface area (Å²) < 4.78 is 71.1. The first-order valence-electron chi connectivity index (χ1n) is 19.8. The summed E-state index contributed by atoms with van der Waals surface area (Å²) in [6.07, 6.45) is -4.62. The Labute approximate surface area is 374 Å². The van der Waals surface area contributed by atoms with Gasteiger partial charge in [-0.15, -0.1) is 22.7 Å². The zero-order valence-corrected chi connectivity index (χ0v) is 36.3. The van der Waals surface area contributed by atoms with E-state index in [9.17, 15) is 32.3 Å². The minimum atomic E-state index is -4.62. The van der Waals surface area contributed by atoms with E-state index in [1.54, 1.807) is 109 Å². The Morgan fingerprint density at radius 1 is 0.656 bits per heavy atom. The molecule has 2 aliphatic rings. The van der Waals surface area contributed by atoms with Gasteiger partial charge in [-0.1, -0.05) is 48.5 Å². The van der Waals surface area contributed by atoms with Crippen molar-refractivity contribution in [3.8, 4) is 11.5 Å². The van der Waals surface area contributed by atoms with Gasteiger partial charge in [0.2, 0.25) is 11.8 Å². The number of methoxy groups -OCH3 is 3. The summed E-state index contributed by atoms with van der Waals surface area (Å²) >= 11 is 2.63.